The summed E-state index contributed by atoms with van der Waals surface area (Å²) >= 11 is 0. The first-order chi connectivity index (χ1) is 9.35. The van der Waals surface area contributed by atoms with Gasteiger partial charge in [-0.1, -0.05) is 6.07 Å². The maximum atomic E-state index is 12.8. The van der Waals surface area contributed by atoms with E-state index in [0.717, 1.165) is 12.1 Å². The van der Waals surface area contributed by atoms with Crippen LogP contribution in [-0.4, -0.2) is 17.7 Å². The summed E-state index contributed by atoms with van der Waals surface area (Å²) in [6, 6.07) is 3.23. The number of nitriles is 1. The number of carbonyl (C=O) groups is 1. The van der Waals surface area contributed by atoms with Crippen molar-refractivity contribution in [2.24, 2.45) is 0 Å². The van der Waals surface area contributed by atoms with Gasteiger partial charge in [0, 0.05) is 0 Å². The van der Waals surface area contributed by atoms with Gasteiger partial charge in [-0.25, -0.2) is 0 Å². The summed E-state index contributed by atoms with van der Waals surface area (Å²) in [5.74, 6) is -0.752. The zero-order chi connectivity index (χ0) is 15.3. The van der Waals surface area contributed by atoms with Crippen LogP contribution in [0.1, 0.15) is 29.2 Å². The summed E-state index contributed by atoms with van der Waals surface area (Å²) in [4.78, 5) is 11.4. The molecule has 1 aromatic carbocycles. The maximum Gasteiger partial charge on any atom is 0.417 e. The molecule has 0 aliphatic rings. The molecule has 0 atom stereocenters. The van der Waals surface area contributed by atoms with Gasteiger partial charge in [-0.05, 0) is 24.1 Å². The Morgan fingerprint density at radius 3 is 2.55 bits per heavy atom. The molecule has 0 spiro atoms. The lowest BCUT2D eigenvalue weighted by Gasteiger charge is -2.15. The Balaban J connectivity index is 3.38. The van der Waals surface area contributed by atoms with E-state index in [1.807, 2.05) is 0 Å². The van der Waals surface area contributed by atoms with Gasteiger partial charge in [-0.3, -0.25) is 4.79 Å². The molecule has 0 amide bonds. The zero-order valence-electron chi connectivity index (χ0n) is 10.6. The Morgan fingerprint density at radius 1 is 1.45 bits per heavy atom. The van der Waals surface area contributed by atoms with Crippen LogP contribution in [-0.2, 0) is 28.7 Å². The third-order valence-electron chi connectivity index (χ3n) is 2.62. The number of hydrogen-bond donors (Lipinski definition) is 1. The lowest BCUT2D eigenvalue weighted by atomic mass is 9.94. The van der Waals surface area contributed by atoms with Crippen molar-refractivity contribution in [2.75, 3.05) is 6.61 Å². The highest BCUT2D eigenvalue weighted by Crippen LogP contribution is 2.34. The van der Waals surface area contributed by atoms with E-state index in [-0.39, 0.29) is 17.7 Å². The largest absolute Gasteiger partial charge is 0.466 e. The van der Waals surface area contributed by atoms with E-state index in [9.17, 15) is 18.0 Å². The number of aliphatic hydroxyl groups excluding tert-OH is 1. The molecule has 0 fully saturated rings. The van der Waals surface area contributed by atoms with E-state index in [4.69, 9.17) is 10.4 Å². The molecule has 0 radical (unpaired) electrons. The quantitative estimate of drug-likeness (QED) is 0.862. The average molecular weight is 287 g/mol. The molecule has 108 valence electrons. The van der Waals surface area contributed by atoms with Gasteiger partial charge in [0.2, 0.25) is 0 Å². The van der Waals surface area contributed by atoms with Crippen LogP contribution in [0.3, 0.4) is 0 Å². The zero-order valence-corrected chi connectivity index (χ0v) is 10.6. The van der Waals surface area contributed by atoms with Crippen molar-refractivity contribution in [2.45, 2.75) is 26.1 Å². The van der Waals surface area contributed by atoms with Gasteiger partial charge in [0.15, 0.2) is 0 Å². The van der Waals surface area contributed by atoms with E-state index in [0.29, 0.717) is 0 Å². The number of ether oxygens (including phenoxy) is 1. The van der Waals surface area contributed by atoms with E-state index in [1.54, 1.807) is 6.92 Å². The summed E-state index contributed by atoms with van der Waals surface area (Å²) < 4.78 is 43.1. The SMILES string of the molecule is CCOC(=O)Cc1c(CO)ccc(C(F)(F)F)c1C#N. The minimum Gasteiger partial charge on any atom is -0.466 e. The minimum atomic E-state index is -4.71. The van der Waals surface area contributed by atoms with Crippen LogP contribution in [0.2, 0.25) is 0 Å². The molecule has 0 bridgehead atoms. The number of rotatable bonds is 4. The van der Waals surface area contributed by atoms with E-state index in [1.165, 1.54) is 6.07 Å². The van der Waals surface area contributed by atoms with Crippen molar-refractivity contribution in [3.8, 4) is 6.07 Å². The molecular formula is C13H12F3NO3. The van der Waals surface area contributed by atoms with Crippen molar-refractivity contribution < 1.29 is 27.8 Å². The smallest absolute Gasteiger partial charge is 0.417 e. The van der Waals surface area contributed by atoms with Crippen LogP contribution < -0.4 is 0 Å². The number of nitrogens with zero attached hydrogens (tertiary/aromatic N) is 1. The molecule has 0 aromatic heterocycles. The second-order valence-electron chi connectivity index (χ2n) is 3.88. The van der Waals surface area contributed by atoms with Gasteiger partial charge in [0.05, 0.1) is 30.8 Å². The van der Waals surface area contributed by atoms with E-state index >= 15 is 0 Å². The van der Waals surface area contributed by atoms with Gasteiger partial charge < -0.3 is 9.84 Å². The third-order valence-corrected chi connectivity index (χ3v) is 2.62. The number of benzene rings is 1. The number of esters is 1. The highest BCUT2D eigenvalue weighted by molar-refractivity contribution is 5.74. The molecule has 20 heavy (non-hydrogen) atoms. The Morgan fingerprint density at radius 2 is 2.10 bits per heavy atom. The molecule has 0 saturated carbocycles. The van der Waals surface area contributed by atoms with Gasteiger partial charge in [-0.15, -0.1) is 0 Å². The lowest BCUT2D eigenvalue weighted by Crippen LogP contribution is -2.15. The van der Waals surface area contributed by atoms with Crippen LogP contribution in [0.25, 0.3) is 0 Å². The Hall–Kier alpha value is -2.07. The predicted molar refractivity (Wildman–Crippen MR) is 62.4 cm³/mol. The number of carbonyl (C=O) groups excluding carboxylic acids is 1. The molecule has 1 rings (SSSR count). The number of halogens is 3. The third kappa shape index (κ3) is 3.48. The first kappa shape index (κ1) is 16.0. The molecular weight excluding hydrogens is 275 g/mol. The van der Waals surface area contributed by atoms with Crippen LogP contribution >= 0.6 is 0 Å². The summed E-state index contributed by atoms with van der Waals surface area (Å²) in [5, 5.41) is 18.1. The number of alkyl halides is 3. The van der Waals surface area contributed by atoms with Crippen LogP contribution in [0.15, 0.2) is 12.1 Å². The fraction of sp³-hybridized carbons (Fsp3) is 0.385. The molecule has 0 aliphatic heterocycles. The standard InChI is InChI=1S/C13H12F3NO3/c1-2-20-12(19)5-9-8(7-18)3-4-11(10(9)6-17)13(14,15)16/h3-4,18H,2,5,7H2,1H3. The first-order valence-corrected chi connectivity index (χ1v) is 5.73. The van der Waals surface area contributed by atoms with E-state index in [2.05, 4.69) is 4.74 Å². The summed E-state index contributed by atoms with van der Waals surface area (Å²) in [6.45, 7) is 1.07. The molecule has 0 aliphatic carbocycles. The molecule has 7 heteroatoms. The minimum absolute atomic E-state index is 0.0775. The van der Waals surface area contributed by atoms with Crippen molar-refractivity contribution in [1.29, 1.82) is 5.26 Å². The Bertz CT molecular complexity index is 547. The number of hydrogen-bond acceptors (Lipinski definition) is 4. The second-order valence-corrected chi connectivity index (χ2v) is 3.88. The van der Waals surface area contributed by atoms with Crippen LogP contribution in [0.4, 0.5) is 13.2 Å². The Labute approximate surface area is 113 Å². The van der Waals surface area contributed by atoms with Crippen LogP contribution in [0.5, 0.6) is 0 Å². The summed E-state index contributed by atoms with van der Waals surface area (Å²) in [5.41, 5.74) is -1.83. The molecule has 0 unspecified atom stereocenters. The maximum absolute atomic E-state index is 12.8. The monoisotopic (exact) mass is 287 g/mol. The molecule has 0 heterocycles. The predicted octanol–water partition coefficient (Wildman–Crippen LogP) is 2.17. The van der Waals surface area contributed by atoms with Crippen molar-refractivity contribution in [3.05, 3.63) is 34.4 Å². The van der Waals surface area contributed by atoms with Crippen molar-refractivity contribution in [3.63, 3.8) is 0 Å². The highest BCUT2D eigenvalue weighted by Gasteiger charge is 2.35. The van der Waals surface area contributed by atoms with Gasteiger partial charge in [0.1, 0.15) is 6.07 Å². The second kappa shape index (κ2) is 6.39. The molecule has 1 aromatic rings. The average Bonchev–Trinajstić information content (AvgIpc) is 2.37. The summed E-state index contributed by atoms with van der Waals surface area (Å²) in [7, 11) is 0. The normalized spacial score (nSPS) is 11.0. The topological polar surface area (TPSA) is 70.3 Å². The van der Waals surface area contributed by atoms with Crippen molar-refractivity contribution >= 4 is 5.97 Å². The van der Waals surface area contributed by atoms with Gasteiger partial charge >= 0.3 is 12.1 Å². The molecule has 0 saturated heterocycles. The highest BCUT2D eigenvalue weighted by atomic mass is 19.4. The molecule has 1 N–H and O–H groups in total. The van der Waals surface area contributed by atoms with E-state index < -0.39 is 36.3 Å². The van der Waals surface area contributed by atoms with Gasteiger partial charge in [-0.2, -0.15) is 18.4 Å². The number of aliphatic hydroxyl groups is 1. The first-order valence-electron chi connectivity index (χ1n) is 5.73. The Kier molecular flexibility index (Phi) is 5.11. The molecule has 4 nitrogen and oxygen atoms in total. The fourth-order valence-corrected chi connectivity index (χ4v) is 1.76. The van der Waals surface area contributed by atoms with Crippen LogP contribution in [0, 0.1) is 11.3 Å². The van der Waals surface area contributed by atoms with Crippen molar-refractivity contribution in [1.82, 2.24) is 0 Å². The lowest BCUT2D eigenvalue weighted by molar-refractivity contribution is -0.142. The van der Waals surface area contributed by atoms with Gasteiger partial charge in [0.25, 0.3) is 0 Å². The summed E-state index contributed by atoms with van der Waals surface area (Å²) in [6.07, 6.45) is -5.20. The fourth-order valence-electron chi connectivity index (χ4n) is 1.76.